The van der Waals surface area contributed by atoms with Gasteiger partial charge in [0.2, 0.25) is 0 Å². The number of amides is 1. The van der Waals surface area contributed by atoms with Gasteiger partial charge >= 0.3 is 6.09 Å². The van der Waals surface area contributed by atoms with Crippen LogP contribution in [-0.4, -0.2) is 48.5 Å². The van der Waals surface area contributed by atoms with Gasteiger partial charge in [0.15, 0.2) is 5.60 Å². The summed E-state index contributed by atoms with van der Waals surface area (Å²) in [6, 6.07) is 5.13. The molecule has 1 fully saturated rings. The lowest BCUT2D eigenvalue weighted by Crippen LogP contribution is -2.35. The summed E-state index contributed by atoms with van der Waals surface area (Å²) in [6.45, 7) is 8.83. The Morgan fingerprint density at radius 2 is 1.96 bits per heavy atom. The van der Waals surface area contributed by atoms with E-state index in [4.69, 9.17) is 37.8 Å². The Morgan fingerprint density at radius 3 is 2.38 bits per heavy atom. The average Bonchev–Trinajstić information content (AvgIpc) is 2.88. The summed E-state index contributed by atoms with van der Waals surface area (Å²) in [5, 5.41) is 9.98. The van der Waals surface area contributed by atoms with Gasteiger partial charge in [0, 0.05) is 12.6 Å². The third kappa shape index (κ3) is 7.16. The topological polar surface area (TPSA) is 59.0 Å². The molecule has 1 aromatic carbocycles. The van der Waals surface area contributed by atoms with Crippen molar-refractivity contribution in [3.05, 3.63) is 28.2 Å². The van der Waals surface area contributed by atoms with E-state index in [-0.39, 0.29) is 12.7 Å². The fraction of sp³-hybridized carbons (Fsp3) is 0.588. The number of aliphatic hydroxyl groups is 1. The Balaban J connectivity index is 0.000000405. The van der Waals surface area contributed by atoms with E-state index in [2.05, 4.69) is 0 Å². The van der Waals surface area contributed by atoms with Crippen molar-refractivity contribution in [2.45, 2.75) is 39.7 Å². The van der Waals surface area contributed by atoms with Crippen LogP contribution in [0, 0.1) is 0 Å². The van der Waals surface area contributed by atoms with Crippen LogP contribution in [0.25, 0.3) is 0 Å². The SMILES string of the molecule is CC.CCCN1CC(C)(CO)OC1=O.COc1ccc(Cl)c(Cl)c1. The molecule has 0 aromatic heterocycles. The lowest BCUT2D eigenvalue weighted by Gasteiger charge is -2.17. The molecule has 1 unspecified atom stereocenters. The molecule has 0 saturated carbocycles. The van der Waals surface area contributed by atoms with Crippen LogP contribution >= 0.6 is 23.2 Å². The third-order valence-corrected chi connectivity index (χ3v) is 3.81. The summed E-state index contributed by atoms with van der Waals surface area (Å²) in [5.41, 5.74) is -0.688. The van der Waals surface area contributed by atoms with Crippen molar-refractivity contribution >= 4 is 29.3 Å². The van der Waals surface area contributed by atoms with E-state index in [9.17, 15) is 4.79 Å². The molecular weight excluding hydrogens is 353 g/mol. The first kappa shape index (κ1) is 22.8. The number of benzene rings is 1. The minimum Gasteiger partial charge on any atom is -0.497 e. The maximum Gasteiger partial charge on any atom is 0.410 e. The summed E-state index contributed by atoms with van der Waals surface area (Å²) in [7, 11) is 1.58. The van der Waals surface area contributed by atoms with E-state index in [0.29, 0.717) is 23.1 Å². The highest BCUT2D eigenvalue weighted by molar-refractivity contribution is 6.42. The summed E-state index contributed by atoms with van der Waals surface area (Å²) in [4.78, 5) is 12.8. The molecule has 138 valence electrons. The molecular formula is C17H27Cl2NO4. The van der Waals surface area contributed by atoms with E-state index in [0.717, 1.165) is 12.2 Å². The Morgan fingerprint density at radius 1 is 1.33 bits per heavy atom. The zero-order valence-electron chi connectivity index (χ0n) is 14.9. The predicted octanol–water partition coefficient (Wildman–Crippen LogP) is 4.63. The second kappa shape index (κ2) is 11.4. The van der Waals surface area contributed by atoms with Crippen LogP contribution in [0.4, 0.5) is 4.79 Å². The number of carbonyl (C=O) groups is 1. The lowest BCUT2D eigenvalue weighted by atomic mass is 10.1. The van der Waals surface area contributed by atoms with Gasteiger partial charge in [-0.3, -0.25) is 0 Å². The quantitative estimate of drug-likeness (QED) is 0.828. The predicted molar refractivity (Wildman–Crippen MR) is 98.2 cm³/mol. The van der Waals surface area contributed by atoms with Crippen LogP contribution in [0.2, 0.25) is 10.0 Å². The van der Waals surface area contributed by atoms with Gasteiger partial charge in [-0.2, -0.15) is 0 Å². The minimum absolute atomic E-state index is 0.112. The highest BCUT2D eigenvalue weighted by Gasteiger charge is 2.40. The van der Waals surface area contributed by atoms with Gasteiger partial charge in [-0.25, -0.2) is 4.79 Å². The van der Waals surface area contributed by atoms with Crippen LogP contribution in [0.5, 0.6) is 5.75 Å². The van der Waals surface area contributed by atoms with Crippen molar-refractivity contribution < 1.29 is 19.4 Å². The van der Waals surface area contributed by atoms with Gasteiger partial charge in [0.05, 0.1) is 30.3 Å². The Hall–Kier alpha value is -1.17. The first-order valence-electron chi connectivity index (χ1n) is 7.93. The monoisotopic (exact) mass is 379 g/mol. The first-order chi connectivity index (χ1) is 11.3. The van der Waals surface area contributed by atoms with Crippen LogP contribution in [0.3, 0.4) is 0 Å². The second-order valence-corrected chi connectivity index (χ2v) is 5.99. The molecule has 0 radical (unpaired) electrons. The Labute approximate surface area is 154 Å². The third-order valence-electron chi connectivity index (χ3n) is 3.07. The van der Waals surface area contributed by atoms with Gasteiger partial charge in [-0.15, -0.1) is 0 Å². The van der Waals surface area contributed by atoms with Gasteiger partial charge < -0.3 is 19.5 Å². The second-order valence-electron chi connectivity index (χ2n) is 5.18. The fourth-order valence-electron chi connectivity index (χ4n) is 1.90. The van der Waals surface area contributed by atoms with Gasteiger partial charge in [-0.1, -0.05) is 44.0 Å². The van der Waals surface area contributed by atoms with E-state index >= 15 is 0 Å². The van der Waals surface area contributed by atoms with Gasteiger partial charge in [0.25, 0.3) is 0 Å². The number of carbonyl (C=O) groups excluding carboxylic acids is 1. The number of ether oxygens (including phenoxy) is 2. The molecule has 1 atom stereocenters. The molecule has 24 heavy (non-hydrogen) atoms. The number of halogens is 2. The van der Waals surface area contributed by atoms with E-state index in [1.54, 1.807) is 37.1 Å². The fourth-order valence-corrected chi connectivity index (χ4v) is 2.19. The zero-order chi connectivity index (χ0) is 18.8. The summed E-state index contributed by atoms with van der Waals surface area (Å²) in [6.07, 6.45) is 0.602. The van der Waals surface area contributed by atoms with Crippen molar-refractivity contribution in [2.75, 3.05) is 26.8 Å². The van der Waals surface area contributed by atoms with Crippen LogP contribution in [0.15, 0.2) is 18.2 Å². The van der Waals surface area contributed by atoms with Crippen molar-refractivity contribution in [3.8, 4) is 5.75 Å². The van der Waals surface area contributed by atoms with Crippen LogP contribution < -0.4 is 4.74 Å². The summed E-state index contributed by atoms with van der Waals surface area (Å²) in [5.74, 6) is 0.717. The molecule has 0 spiro atoms. The molecule has 0 bridgehead atoms. The highest BCUT2D eigenvalue weighted by Crippen LogP contribution is 2.25. The number of hydrogen-bond donors (Lipinski definition) is 1. The maximum atomic E-state index is 11.1. The van der Waals surface area contributed by atoms with E-state index in [1.807, 2.05) is 20.8 Å². The molecule has 1 saturated heterocycles. The molecule has 7 heteroatoms. The van der Waals surface area contributed by atoms with Gasteiger partial charge in [-0.05, 0) is 25.5 Å². The van der Waals surface area contributed by atoms with E-state index in [1.165, 1.54) is 0 Å². The van der Waals surface area contributed by atoms with Crippen LogP contribution in [0.1, 0.15) is 34.1 Å². The number of aliphatic hydroxyl groups excluding tert-OH is 1. The van der Waals surface area contributed by atoms with Crippen molar-refractivity contribution in [1.82, 2.24) is 4.90 Å². The number of nitrogens with zero attached hydrogens (tertiary/aromatic N) is 1. The number of rotatable bonds is 4. The molecule has 5 nitrogen and oxygen atoms in total. The normalized spacial score (nSPS) is 18.8. The molecule has 1 heterocycles. The standard InChI is InChI=1S/C8H15NO3.C7H6Cl2O.C2H6/c1-3-4-9-5-8(2,6-10)12-7(9)11;1-10-5-2-3-6(8)7(9)4-5;1-2/h10H,3-6H2,1-2H3;2-4H,1H3;1-2H3. The first-order valence-corrected chi connectivity index (χ1v) is 8.68. The van der Waals surface area contributed by atoms with E-state index < -0.39 is 5.60 Å². The largest absolute Gasteiger partial charge is 0.497 e. The lowest BCUT2D eigenvalue weighted by molar-refractivity contribution is 0.0219. The highest BCUT2D eigenvalue weighted by atomic mass is 35.5. The van der Waals surface area contributed by atoms with Crippen molar-refractivity contribution in [1.29, 1.82) is 0 Å². The average molecular weight is 380 g/mol. The summed E-state index contributed by atoms with van der Waals surface area (Å²) < 4.78 is 9.91. The Kier molecular flexibility index (Phi) is 10.8. The number of methoxy groups -OCH3 is 1. The molecule has 2 rings (SSSR count). The number of cyclic esters (lactones) is 1. The molecule has 0 aliphatic carbocycles. The molecule has 1 aliphatic rings. The molecule has 1 N–H and O–H groups in total. The molecule has 1 amide bonds. The zero-order valence-corrected chi connectivity index (χ0v) is 16.4. The van der Waals surface area contributed by atoms with Crippen LogP contribution in [-0.2, 0) is 4.74 Å². The van der Waals surface area contributed by atoms with Crippen molar-refractivity contribution in [2.24, 2.45) is 0 Å². The molecule has 1 aromatic rings. The molecule has 1 aliphatic heterocycles. The smallest absolute Gasteiger partial charge is 0.410 e. The van der Waals surface area contributed by atoms with Gasteiger partial charge in [0.1, 0.15) is 5.75 Å². The maximum absolute atomic E-state index is 11.1. The Bertz CT molecular complexity index is 513. The van der Waals surface area contributed by atoms with Crippen molar-refractivity contribution in [3.63, 3.8) is 0 Å². The summed E-state index contributed by atoms with van der Waals surface area (Å²) >= 11 is 11.3. The minimum atomic E-state index is -0.688. The number of hydrogen-bond acceptors (Lipinski definition) is 4.